The largest absolute Gasteiger partial charge is 0.756 e. The Morgan fingerprint density at radius 2 is 0.851 bits per heavy atom. The average molecular weight is 956 g/mol. The van der Waals surface area contributed by atoms with E-state index in [0.29, 0.717) is 23.9 Å². The first kappa shape index (κ1) is 63.9. The predicted molar refractivity (Wildman–Crippen MR) is 282 cm³/mol. The van der Waals surface area contributed by atoms with E-state index in [1.807, 2.05) is 21.1 Å². The molecule has 10 heteroatoms. The number of carbonyl (C=O) groups is 2. The van der Waals surface area contributed by atoms with E-state index in [0.717, 1.165) is 109 Å². The van der Waals surface area contributed by atoms with Gasteiger partial charge in [0.05, 0.1) is 27.7 Å². The molecule has 384 valence electrons. The molecule has 0 saturated heterocycles. The van der Waals surface area contributed by atoms with Crippen molar-refractivity contribution in [1.82, 2.24) is 0 Å². The quantitative estimate of drug-likeness (QED) is 0.0195. The van der Waals surface area contributed by atoms with Gasteiger partial charge in [-0.05, 0) is 89.9 Å². The molecule has 0 aliphatic rings. The van der Waals surface area contributed by atoms with Gasteiger partial charge in [-0.1, -0.05) is 195 Å². The fraction of sp³-hybridized carbons (Fsp3) is 0.684. The summed E-state index contributed by atoms with van der Waals surface area (Å²) in [6, 6.07) is 0. The van der Waals surface area contributed by atoms with Gasteiger partial charge in [-0.2, -0.15) is 0 Å². The fourth-order valence-corrected chi connectivity index (χ4v) is 7.48. The highest BCUT2D eigenvalue weighted by molar-refractivity contribution is 7.45. The van der Waals surface area contributed by atoms with Gasteiger partial charge in [0.15, 0.2) is 6.10 Å². The van der Waals surface area contributed by atoms with Crippen molar-refractivity contribution in [2.45, 2.75) is 206 Å². The highest BCUT2D eigenvalue weighted by Gasteiger charge is 2.21. The Labute approximate surface area is 411 Å². The van der Waals surface area contributed by atoms with Crippen LogP contribution in [0.5, 0.6) is 0 Å². The minimum absolute atomic E-state index is 0.0367. The van der Waals surface area contributed by atoms with E-state index in [1.165, 1.54) is 51.4 Å². The van der Waals surface area contributed by atoms with Crippen LogP contribution in [-0.2, 0) is 32.7 Å². The molecule has 0 aromatic carbocycles. The third-order valence-electron chi connectivity index (χ3n) is 10.8. The number of allylic oxidation sites excluding steroid dienone is 16. The molecule has 0 radical (unpaired) electrons. The normalized spacial score (nSPS) is 14.2. The second-order valence-electron chi connectivity index (χ2n) is 18.5. The molecule has 67 heavy (non-hydrogen) atoms. The highest BCUT2D eigenvalue weighted by atomic mass is 31.2. The van der Waals surface area contributed by atoms with E-state index >= 15 is 0 Å². The first-order valence-electron chi connectivity index (χ1n) is 26.4. The fourth-order valence-electron chi connectivity index (χ4n) is 6.75. The van der Waals surface area contributed by atoms with E-state index in [9.17, 15) is 19.0 Å². The van der Waals surface area contributed by atoms with Crippen LogP contribution in [0.1, 0.15) is 200 Å². The number of hydrogen-bond acceptors (Lipinski definition) is 8. The number of phosphoric acid groups is 1. The van der Waals surface area contributed by atoms with Gasteiger partial charge in [0.25, 0.3) is 7.82 Å². The number of esters is 2. The summed E-state index contributed by atoms with van der Waals surface area (Å²) in [4.78, 5) is 37.6. The molecule has 9 nitrogen and oxygen atoms in total. The SMILES string of the molecule is CC/C=C\C/C=C\C/C=C\C/C=C\C/C=C\C/C=C\C/C=C\CCCCCCCCCCCCCC(=O)OC(COC(=O)CCCCCCC/C=C\CCC)COP(=O)([O-])OCC[N+](C)(C)C. The summed E-state index contributed by atoms with van der Waals surface area (Å²) in [7, 11) is 1.15. The van der Waals surface area contributed by atoms with Crippen LogP contribution in [0.3, 0.4) is 0 Å². The predicted octanol–water partition coefficient (Wildman–Crippen LogP) is 15.5. The van der Waals surface area contributed by atoms with Gasteiger partial charge < -0.3 is 27.9 Å². The molecule has 2 atom stereocenters. The summed E-state index contributed by atoms with van der Waals surface area (Å²) in [5.41, 5.74) is 0. The minimum atomic E-state index is -4.63. The molecule has 0 spiro atoms. The van der Waals surface area contributed by atoms with E-state index in [2.05, 4.69) is 111 Å². The molecule has 0 aromatic heterocycles. The number of ether oxygens (including phenoxy) is 2. The maximum Gasteiger partial charge on any atom is 0.306 e. The van der Waals surface area contributed by atoms with Crippen LogP contribution < -0.4 is 4.89 Å². The average Bonchev–Trinajstić information content (AvgIpc) is 3.29. The summed E-state index contributed by atoms with van der Waals surface area (Å²) in [6.45, 7) is 4.02. The summed E-state index contributed by atoms with van der Waals surface area (Å²) >= 11 is 0. The van der Waals surface area contributed by atoms with Gasteiger partial charge in [0, 0.05) is 12.8 Å². The van der Waals surface area contributed by atoms with Crippen LogP contribution in [0.4, 0.5) is 0 Å². The Morgan fingerprint density at radius 1 is 0.478 bits per heavy atom. The van der Waals surface area contributed by atoms with Gasteiger partial charge in [0.2, 0.25) is 0 Å². The van der Waals surface area contributed by atoms with E-state index in [4.69, 9.17) is 18.5 Å². The lowest BCUT2D eigenvalue weighted by Crippen LogP contribution is -2.37. The van der Waals surface area contributed by atoms with Crippen LogP contribution in [-0.4, -0.2) is 70.0 Å². The molecule has 0 rings (SSSR count). The van der Waals surface area contributed by atoms with Crippen molar-refractivity contribution < 1.29 is 42.1 Å². The maximum atomic E-state index is 12.7. The Morgan fingerprint density at radius 3 is 1.28 bits per heavy atom. The first-order valence-corrected chi connectivity index (χ1v) is 27.9. The third-order valence-corrected chi connectivity index (χ3v) is 11.8. The second-order valence-corrected chi connectivity index (χ2v) is 19.9. The van der Waals surface area contributed by atoms with Crippen molar-refractivity contribution in [3.63, 3.8) is 0 Å². The summed E-state index contributed by atoms with van der Waals surface area (Å²) in [5, 5.41) is 0. The zero-order chi connectivity index (χ0) is 49.2. The van der Waals surface area contributed by atoms with Crippen LogP contribution >= 0.6 is 7.82 Å². The monoisotopic (exact) mass is 956 g/mol. The zero-order valence-corrected chi connectivity index (χ0v) is 44.2. The van der Waals surface area contributed by atoms with Crippen LogP contribution in [0, 0.1) is 0 Å². The van der Waals surface area contributed by atoms with Crippen molar-refractivity contribution in [2.75, 3.05) is 47.5 Å². The number of nitrogens with zero attached hydrogens (tertiary/aromatic N) is 1. The van der Waals surface area contributed by atoms with Crippen LogP contribution in [0.2, 0.25) is 0 Å². The van der Waals surface area contributed by atoms with Crippen molar-refractivity contribution in [3.8, 4) is 0 Å². The molecular weight excluding hydrogens is 858 g/mol. The molecule has 0 aromatic rings. The second kappa shape index (κ2) is 48.0. The van der Waals surface area contributed by atoms with Crippen molar-refractivity contribution in [3.05, 3.63) is 97.2 Å². The number of unbranched alkanes of at least 4 members (excludes halogenated alkanes) is 17. The van der Waals surface area contributed by atoms with Crippen LogP contribution in [0.15, 0.2) is 97.2 Å². The topological polar surface area (TPSA) is 111 Å². The number of likely N-dealkylation sites (N-methyl/N-ethyl adjacent to an activating group) is 1. The van der Waals surface area contributed by atoms with E-state index < -0.39 is 32.5 Å². The van der Waals surface area contributed by atoms with Gasteiger partial charge in [-0.15, -0.1) is 0 Å². The van der Waals surface area contributed by atoms with Gasteiger partial charge >= 0.3 is 11.9 Å². The van der Waals surface area contributed by atoms with Gasteiger partial charge in [-0.3, -0.25) is 14.2 Å². The molecule has 0 bridgehead atoms. The van der Waals surface area contributed by atoms with E-state index in [1.54, 1.807) is 0 Å². The van der Waals surface area contributed by atoms with Crippen molar-refractivity contribution in [1.29, 1.82) is 0 Å². The lowest BCUT2D eigenvalue weighted by Gasteiger charge is -2.28. The standard InChI is InChI=1S/C57H98NO8P/c1-6-8-10-12-14-16-18-19-20-21-22-23-24-25-26-27-28-29-30-31-32-33-34-35-36-37-38-39-40-42-44-46-48-50-57(60)66-55(54-65-67(61,62)64-52-51-58(3,4)5)53-63-56(59)49-47-45-43-41-17-15-13-11-9-7-2/h8,10-11,13-14,16,19-20,22-23,25-26,28-29,31-32,55H,6-7,9,12,15,17-18,21,24,27,30,33-54H2,1-5H3/b10-8-,13-11-,16-14-,20-19-,23-22-,26-25-,29-28-,32-31-. The Balaban J connectivity index is 4.10. The minimum Gasteiger partial charge on any atom is -0.756 e. The number of phosphoric ester groups is 1. The lowest BCUT2D eigenvalue weighted by molar-refractivity contribution is -0.870. The number of quaternary nitrogens is 1. The van der Waals surface area contributed by atoms with Crippen molar-refractivity contribution >= 4 is 19.8 Å². The molecule has 0 heterocycles. The molecule has 0 amide bonds. The molecule has 0 aliphatic carbocycles. The number of carbonyl (C=O) groups excluding carboxylic acids is 2. The maximum absolute atomic E-state index is 12.7. The summed E-state index contributed by atoms with van der Waals surface area (Å²) < 4.78 is 33.9. The molecule has 0 aliphatic heterocycles. The highest BCUT2D eigenvalue weighted by Crippen LogP contribution is 2.38. The summed E-state index contributed by atoms with van der Waals surface area (Å²) in [5.74, 6) is -0.856. The van der Waals surface area contributed by atoms with Crippen LogP contribution in [0.25, 0.3) is 0 Å². The Bertz CT molecular complexity index is 1450. The number of hydrogen-bond donors (Lipinski definition) is 0. The summed E-state index contributed by atoms with van der Waals surface area (Å²) in [6.07, 6.45) is 64.6. The molecule has 2 unspecified atom stereocenters. The van der Waals surface area contributed by atoms with Gasteiger partial charge in [0.1, 0.15) is 19.8 Å². The number of rotatable bonds is 47. The third kappa shape index (κ3) is 52.2. The van der Waals surface area contributed by atoms with Crippen molar-refractivity contribution in [2.24, 2.45) is 0 Å². The lowest BCUT2D eigenvalue weighted by atomic mass is 10.0. The van der Waals surface area contributed by atoms with Gasteiger partial charge in [-0.25, -0.2) is 0 Å². The molecule has 0 N–H and O–H groups in total. The molecule has 0 fully saturated rings. The zero-order valence-electron chi connectivity index (χ0n) is 43.3. The Hall–Kier alpha value is -3.07. The molecule has 0 saturated carbocycles. The first-order chi connectivity index (χ1) is 32.5. The molecular formula is C57H98NO8P. The smallest absolute Gasteiger partial charge is 0.306 e. The Kier molecular flexibility index (Phi) is 45.8. The van der Waals surface area contributed by atoms with E-state index in [-0.39, 0.29) is 26.1 Å².